The van der Waals surface area contributed by atoms with Crippen LogP contribution in [-0.4, -0.2) is 52.7 Å². The molecule has 2 heterocycles. The average Bonchev–Trinajstić information content (AvgIpc) is 3.18. The lowest BCUT2D eigenvalue weighted by atomic mass is 9.96. The zero-order valence-electron chi connectivity index (χ0n) is 19.7. The van der Waals surface area contributed by atoms with Gasteiger partial charge in [-0.1, -0.05) is 31.2 Å². The molecular weight excluding hydrogens is 436 g/mol. The van der Waals surface area contributed by atoms with E-state index in [0.717, 1.165) is 22.4 Å². The second-order valence-corrected chi connectivity index (χ2v) is 8.72. The van der Waals surface area contributed by atoms with Crippen LogP contribution in [0.25, 0.3) is 0 Å². The van der Waals surface area contributed by atoms with Crippen molar-refractivity contribution in [2.45, 2.75) is 33.2 Å². The maximum Gasteiger partial charge on any atom is 0.270 e. The van der Waals surface area contributed by atoms with Crippen LogP contribution < -0.4 is 0 Å². The van der Waals surface area contributed by atoms with Gasteiger partial charge in [-0.3, -0.25) is 14.5 Å². The molecule has 0 atom stereocenters. The van der Waals surface area contributed by atoms with E-state index in [1.54, 1.807) is 29.2 Å². The molecular formula is C27H29F2N3O2. The predicted octanol–water partition coefficient (Wildman–Crippen LogP) is 4.91. The monoisotopic (exact) mass is 465 g/mol. The van der Waals surface area contributed by atoms with Crippen LogP contribution in [0.15, 0.2) is 48.5 Å². The summed E-state index contributed by atoms with van der Waals surface area (Å²) >= 11 is 0. The highest BCUT2D eigenvalue weighted by Gasteiger charge is 2.31. The number of aryl methyl sites for hydroxylation is 1. The van der Waals surface area contributed by atoms with E-state index in [4.69, 9.17) is 0 Å². The zero-order chi connectivity index (χ0) is 24.4. The van der Waals surface area contributed by atoms with E-state index in [9.17, 15) is 18.4 Å². The Morgan fingerprint density at radius 2 is 1.41 bits per heavy atom. The van der Waals surface area contributed by atoms with E-state index in [-0.39, 0.29) is 29.4 Å². The van der Waals surface area contributed by atoms with Gasteiger partial charge >= 0.3 is 0 Å². The first kappa shape index (κ1) is 23.8. The lowest BCUT2D eigenvalue weighted by molar-refractivity contribution is 0.0591. The van der Waals surface area contributed by atoms with E-state index < -0.39 is 0 Å². The minimum atomic E-state index is -0.310. The summed E-state index contributed by atoms with van der Waals surface area (Å²) in [7, 11) is 0. The maximum atomic E-state index is 13.6. The fraction of sp³-hybridized carbons (Fsp3) is 0.333. The summed E-state index contributed by atoms with van der Waals surface area (Å²) in [5.41, 5.74) is 4.41. The third-order valence-electron chi connectivity index (χ3n) is 6.55. The van der Waals surface area contributed by atoms with Gasteiger partial charge in [0.2, 0.25) is 0 Å². The third kappa shape index (κ3) is 4.66. The summed E-state index contributed by atoms with van der Waals surface area (Å²) in [5, 5.41) is 0. The van der Waals surface area contributed by atoms with Crippen LogP contribution in [0.3, 0.4) is 0 Å². The van der Waals surface area contributed by atoms with Gasteiger partial charge in [-0.05, 0) is 61.2 Å². The van der Waals surface area contributed by atoms with Gasteiger partial charge in [-0.15, -0.1) is 0 Å². The van der Waals surface area contributed by atoms with Crippen molar-refractivity contribution in [2.24, 2.45) is 0 Å². The number of carbonyl (C=O) groups is 2. The Bertz CT molecular complexity index is 1130. The molecule has 1 amide bonds. The Kier molecular flexibility index (Phi) is 6.93. The van der Waals surface area contributed by atoms with Crippen LogP contribution in [0.2, 0.25) is 0 Å². The number of ketones is 1. The second-order valence-electron chi connectivity index (χ2n) is 8.72. The Labute approximate surface area is 198 Å². The van der Waals surface area contributed by atoms with Gasteiger partial charge in [-0.2, -0.15) is 0 Å². The number of aromatic amines is 1. The molecule has 0 saturated carbocycles. The molecule has 1 aliphatic rings. The van der Waals surface area contributed by atoms with Crippen molar-refractivity contribution >= 4 is 11.7 Å². The lowest BCUT2D eigenvalue weighted by Crippen LogP contribution is -2.50. The molecule has 2 aromatic carbocycles. The van der Waals surface area contributed by atoms with Crippen molar-refractivity contribution in [3.63, 3.8) is 0 Å². The number of hydrogen-bond donors (Lipinski definition) is 1. The van der Waals surface area contributed by atoms with Gasteiger partial charge in [0, 0.05) is 37.4 Å². The van der Waals surface area contributed by atoms with Gasteiger partial charge < -0.3 is 9.88 Å². The number of halogens is 2. The predicted molar refractivity (Wildman–Crippen MR) is 127 cm³/mol. The highest BCUT2D eigenvalue weighted by molar-refractivity contribution is 6.02. The largest absolute Gasteiger partial charge is 0.354 e. The SMILES string of the molecule is CCc1c(C(=O)N2CCN(C(c3ccc(F)cc3)c3ccc(F)cc3)CC2)[nH]c(C)c1C(C)=O. The van der Waals surface area contributed by atoms with Crippen molar-refractivity contribution in [1.29, 1.82) is 0 Å². The van der Waals surface area contributed by atoms with E-state index in [1.807, 2.05) is 13.8 Å². The molecule has 1 fully saturated rings. The first-order valence-corrected chi connectivity index (χ1v) is 11.6. The molecule has 0 bridgehead atoms. The lowest BCUT2D eigenvalue weighted by Gasteiger charge is -2.39. The summed E-state index contributed by atoms with van der Waals surface area (Å²) in [4.78, 5) is 32.6. The van der Waals surface area contributed by atoms with Crippen molar-refractivity contribution in [3.8, 4) is 0 Å². The van der Waals surface area contributed by atoms with Gasteiger partial charge in [-0.25, -0.2) is 8.78 Å². The molecule has 0 aliphatic carbocycles. The van der Waals surface area contributed by atoms with E-state index in [2.05, 4.69) is 9.88 Å². The molecule has 1 aromatic heterocycles. The van der Waals surface area contributed by atoms with Crippen LogP contribution in [-0.2, 0) is 6.42 Å². The quantitative estimate of drug-likeness (QED) is 0.526. The van der Waals surface area contributed by atoms with Gasteiger partial charge in [0.15, 0.2) is 5.78 Å². The number of rotatable bonds is 6. The van der Waals surface area contributed by atoms with E-state index >= 15 is 0 Å². The third-order valence-corrected chi connectivity index (χ3v) is 6.55. The number of hydrogen-bond acceptors (Lipinski definition) is 3. The summed E-state index contributed by atoms with van der Waals surface area (Å²) in [6.45, 7) is 7.51. The average molecular weight is 466 g/mol. The van der Waals surface area contributed by atoms with Crippen LogP contribution in [0, 0.1) is 18.6 Å². The number of piperazine rings is 1. The molecule has 1 N–H and O–H groups in total. The number of nitrogens with zero attached hydrogens (tertiary/aromatic N) is 2. The highest BCUT2D eigenvalue weighted by Crippen LogP contribution is 2.30. The first-order chi connectivity index (χ1) is 16.3. The summed E-state index contributed by atoms with van der Waals surface area (Å²) < 4.78 is 27.1. The zero-order valence-corrected chi connectivity index (χ0v) is 19.7. The number of benzene rings is 2. The highest BCUT2D eigenvalue weighted by atomic mass is 19.1. The van der Waals surface area contributed by atoms with E-state index in [1.165, 1.54) is 31.2 Å². The number of nitrogens with one attached hydrogen (secondary N) is 1. The number of Topliss-reactive ketones (excluding diaryl/α,β-unsaturated/α-hetero) is 1. The summed E-state index contributed by atoms with van der Waals surface area (Å²) in [5.74, 6) is -0.770. The van der Waals surface area contributed by atoms with Crippen LogP contribution in [0.1, 0.15) is 63.1 Å². The molecule has 34 heavy (non-hydrogen) atoms. The van der Waals surface area contributed by atoms with Crippen molar-refractivity contribution < 1.29 is 18.4 Å². The molecule has 1 saturated heterocycles. The van der Waals surface area contributed by atoms with Gasteiger partial charge in [0.05, 0.1) is 6.04 Å². The van der Waals surface area contributed by atoms with Crippen LogP contribution in [0.4, 0.5) is 8.78 Å². The van der Waals surface area contributed by atoms with Crippen LogP contribution >= 0.6 is 0 Å². The van der Waals surface area contributed by atoms with Gasteiger partial charge in [0.25, 0.3) is 5.91 Å². The standard InChI is InChI=1S/C27H29F2N3O2/c1-4-23-24(18(3)33)17(2)30-25(23)27(34)32-15-13-31(14-16-32)26(19-5-9-21(28)10-6-19)20-7-11-22(29)12-8-20/h5-12,26,30H,4,13-16H2,1-3H3. The molecule has 7 heteroatoms. The van der Waals surface area contributed by atoms with Crippen molar-refractivity contribution in [3.05, 3.63) is 93.8 Å². The summed E-state index contributed by atoms with van der Waals surface area (Å²) in [6.07, 6.45) is 0.595. The fourth-order valence-corrected chi connectivity index (χ4v) is 4.93. The molecule has 3 aromatic rings. The number of carbonyl (C=O) groups excluding carboxylic acids is 2. The Morgan fingerprint density at radius 3 is 1.85 bits per heavy atom. The molecule has 178 valence electrons. The first-order valence-electron chi connectivity index (χ1n) is 11.6. The smallest absolute Gasteiger partial charge is 0.270 e. The van der Waals surface area contributed by atoms with Crippen molar-refractivity contribution in [2.75, 3.05) is 26.2 Å². The molecule has 0 spiro atoms. The minimum absolute atomic E-state index is 0.0455. The second kappa shape index (κ2) is 9.89. The molecule has 4 rings (SSSR count). The maximum absolute atomic E-state index is 13.6. The number of aromatic nitrogens is 1. The molecule has 5 nitrogen and oxygen atoms in total. The topological polar surface area (TPSA) is 56.4 Å². The summed E-state index contributed by atoms with van der Waals surface area (Å²) in [6, 6.07) is 12.5. The normalized spacial score (nSPS) is 14.6. The molecule has 0 unspecified atom stereocenters. The Morgan fingerprint density at radius 1 is 0.912 bits per heavy atom. The Hall–Kier alpha value is -3.32. The number of H-pyrrole nitrogens is 1. The minimum Gasteiger partial charge on any atom is -0.354 e. The van der Waals surface area contributed by atoms with Gasteiger partial charge in [0.1, 0.15) is 17.3 Å². The molecule has 0 radical (unpaired) electrons. The van der Waals surface area contributed by atoms with Crippen molar-refractivity contribution in [1.82, 2.24) is 14.8 Å². The fourth-order valence-electron chi connectivity index (χ4n) is 4.93. The van der Waals surface area contributed by atoms with Crippen LogP contribution in [0.5, 0.6) is 0 Å². The number of amides is 1. The van der Waals surface area contributed by atoms with E-state index in [0.29, 0.717) is 43.9 Å². The molecule has 1 aliphatic heterocycles. The Balaban J connectivity index is 1.56.